The van der Waals surface area contributed by atoms with Crippen molar-refractivity contribution in [2.45, 2.75) is 6.92 Å². The van der Waals surface area contributed by atoms with Crippen LogP contribution < -0.4 is 5.32 Å². The molecule has 1 rings (SSSR count). The Hall–Kier alpha value is -1.10. The number of nitrogens with one attached hydrogen (secondary N) is 1. The number of likely N-dealkylation sites (N-methyl/N-ethyl adjacent to an activating group) is 1. The monoisotopic (exact) mass is 271 g/mol. The van der Waals surface area contributed by atoms with Crippen LogP contribution >= 0.6 is 15.9 Å². The van der Waals surface area contributed by atoms with Gasteiger partial charge in [-0.2, -0.15) is 0 Å². The summed E-state index contributed by atoms with van der Waals surface area (Å²) >= 11 is 3.35. The highest BCUT2D eigenvalue weighted by atomic mass is 79.9. The van der Waals surface area contributed by atoms with Crippen molar-refractivity contribution in [1.29, 1.82) is 0 Å². The first-order chi connectivity index (χ1) is 7.15. The Morgan fingerprint density at radius 2 is 2.40 bits per heavy atom. The Labute approximate surface area is 97.8 Å². The average Bonchev–Trinajstić information content (AvgIpc) is 2.26. The predicted molar refractivity (Wildman–Crippen MR) is 63.7 cm³/mol. The molecule has 0 fully saturated rings. The van der Waals surface area contributed by atoms with Gasteiger partial charge in [-0.15, -0.1) is 0 Å². The Morgan fingerprint density at radius 3 is 3.00 bits per heavy atom. The van der Waals surface area contributed by atoms with Crippen LogP contribution in [-0.2, 0) is 4.79 Å². The van der Waals surface area contributed by atoms with Gasteiger partial charge in [0, 0.05) is 26.0 Å². The van der Waals surface area contributed by atoms with E-state index in [1.165, 1.54) is 0 Å². The molecule has 0 spiro atoms. The van der Waals surface area contributed by atoms with Crippen molar-refractivity contribution < 1.29 is 4.79 Å². The van der Waals surface area contributed by atoms with Crippen LogP contribution in [0, 0.1) is 0 Å². The highest BCUT2D eigenvalue weighted by Gasteiger charge is 2.06. The highest BCUT2D eigenvalue weighted by molar-refractivity contribution is 9.10. The van der Waals surface area contributed by atoms with Crippen LogP contribution in [0.1, 0.15) is 6.92 Å². The zero-order valence-corrected chi connectivity index (χ0v) is 10.4. The summed E-state index contributed by atoms with van der Waals surface area (Å²) in [5.74, 6) is 0.0706. The maximum atomic E-state index is 11.5. The van der Waals surface area contributed by atoms with Crippen LogP contribution in [0.25, 0.3) is 0 Å². The van der Waals surface area contributed by atoms with E-state index in [0.717, 1.165) is 16.7 Å². The highest BCUT2D eigenvalue weighted by Crippen LogP contribution is 2.19. The molecule has 0 aliphatic rings. The van der Waals surface area contributed by atoms with E-state index in [1.807, 2.05) is 13.0 Å². The van der Waals surface area contributed by atoms with Crippen LogP contribution in [0.3, 0.4) is 0 Å². The third-order valence-corrected chi connectivity index (χ3v) is 2.73. The van der Waals surface area contributed by atoms with E-state index >= 15 is 0 Å². The van der Waals surface area contributed by atoms with Crippen molar-refractivity contribution >= 4 is 27.5 Å². The first-order valence-electron chi connectivity index (χ1n) is 4.72. The Morgan fingerprint density at radius 1 is 1.67 bits per heavy atom. The van der Waals surface area contributed by atoms with E-state index in [9.17, 15) is 4.79 Å². The molecular weight excluding hydrogens is 258 g/mol. The molecule has 4 nitrogen and oxygen atoms in total. The summed E-state index contributed by atoms with van der Waals surface area (Å²) in [6.07, 6.45) is 3.37. The van der Waals surface area contributed by atoms with E-state index < -0.39 is 0 Å². The van der Waals surface area contributed by atoms with Crippen LogP contribution in [0.2, 0.25) is 0 Å². The van der Waals surface area contributed by atoms with Crippen molar-refractivity contribution in [3.8, 4) is 0 Å². The number of anilines is 1. The zero-order valence-electron chi connectivity index (χ0n) is 8.83. The molecule has 15 heavy (non-hydrogen) atoms. The van der Waals surface area contributed by atoms with Gasteiger partial charge in [0.1, 0.15) is 0 Å². The van der Waals surface area contributed by atoms with Crippen LogP contribution in [0.5, 0.6) is 0 Å². The molecule has 0 bridgehead atoms. The number of halogens is 1. The fraction of sp³-hybridized carbons (Fsp3) is 0.400. The van der Waals surface area contributed by atoms with Crippen molar-refractivity contribution in [2.24, 2.45) is 0 Å². The van der Waals surface area contributed by atoms with Gasteiger partial charge in [-0.05, 0) is 28.9 Å². The average molecular weight is 272 g/mol. The minimum atomic E-state index is 0.0706. The summed E-state index contributed by atoms with van der Waals surface area (Å²) in [5, 5.41) is 3.05. The van der Waals surface area contributed by atoms with Crippen molar-refractivity contribution in [3.05, 3.63) is 22.9 Å². The number of aromatic nitrogens is 1. The lowest BCUT2D eigenvalue weighted by molar-refractivity contribution is -0.127. The second-order valence-corrected chi connectivity index (χ2v) is 3.97. The molecule has 0 aliphatic carbocycles. The summed E-state index contributed by atoms with van der Waals surface area (Å²) in [7, 11) is 1.78. The maximum Gasteiger partial charge on any atom is 0.241 e. The lowest BCUT2D eigenvalue weighted by atomic mass is 10.4. The first kappa shape index (κ1) is 12.0. The van der Waals surface area contributed by atoms with Gasteiger partial charge >= 0.3 is 0 Å². The second kappa shape index (κ2) is 5.70. The third-order valence-electron chi connectivity index (χ3n) is 2.10. The minimum Gasteiger partial charge on any atom is -0.375 e. The molecule has 0 unspecified atom stereocenters. The number of pyridine rings is 1. The first-order valence-corrected chi connectivity index (χ1v) is 5.51. The fourth-order valence-electron chi connectivity index (χ4n) is 1.00. The number of nitrogens with zero attached hydrogens (tertiary/aromatic N) is 2. The molecule has 5 heteroatoms. The Balaban J connectivity index is 2.51. The molecule has 0 radical (unpaired) electrons. The van der Waals surface area contributed by atoms with Gasteiger partial charge in [0.15, 0.2) is 0 Å². The van der Waals surface area contributed by atoms with Crippen LogP contribution in [-0.4, -0.2) is 35.9 Å². The van der Waals surface area contributed by atoms with E-state index in [0.29, 0.717) is 6.54 Å². The molecule has 0 saturated heterocycles. The molecular formula is C10H14BrN3O. The quantitative estimate of drug-likeness (QED) is 0.908. The summed E-state index contributed by atoms with van der Waals surface area (Å²) in [5.41, 5.74) is 0.878. The fourth-order valence-corrected chi connectivity index (χ4v) is 1.39. The zero-order chi connectivity index (χ0) is 11.3. The van der Waals surface area contributed by atoms with Crippen LogP contribution in [0.4, 0.5) is 5.69 Å². The molecule has 1 amide bonds. The minimum absolute atomic E-state index is 0.0706. The Kier molecular flexibility index (Phi) is 4.55. The molecule has 1 heterocycles. The molecule has 1 aromatic rings. The lowest BCUT2D eigenvalue weighted by Gasteiger charge is -2.15. The van der Waals surface area contributed by atoms with Crippen molar-refractivity contribution in [2.75, 3.05) is 25.5 Å². The Bertz CT molecular complexity index is 343. The van der Waals surface area contributed by atoms with Gasteiger partial charge in [0.05, 0.1) is 16.7 Å². The van der Waals surface area contributed by atoms with Crippen molar-refractivity contribution in [1.82, 2.24) is 9.88 Å². The van der Waals surface area contributed by atoms with E-state index in [2.05, 4.69) is 26.2 Å². The molecule has 82 valence electrons. The number of carbonyl (C=O) groups excluding carboxylic acids is 1. The van der Waals surface area contributed by atoms with E-state index in [4.69, 9.17) is 0 Å². The number of carbonyl (C=O) groups is 1. The summed E-state index contributed by atoms with van der Waals surface area (Å²) in [6.45, 7) is 2.96. The smallest absolute Gasteiger partial charge is 0.241 e. The number of hydrogen-bond donors (Lipinski definition) is 1. The van der Waals surface area contributed by atoms with Gasteiger partial charge in [0.2, 0.25) is 5.91 Å². The third kappa shape index (κ3) is 3.51. The van der Waals surface area contributed by atoms with E-state index in [1.54, 1.807) is 24.3 Å². The number of hydrogen-bond acceptors (Lipinski definition) is 3. The van der Waals surface area contributed by atoms with Gasteiger partial charge in [-0.1, -0.05) is 0 Å². The standard InChI is InChI=1S/C10H14BrN3O/c1-3-14(2)10(15)7-13-9-4-5-12-6-8(9)11/h4-6H,3,7H2,1-2H3,(H,12,13). The molecule has 0 aromatic carbocycles. The molecule has 1 N–H and O–H groups in total. The summed E-state index contributed by atoms with van der Waals surface area (Å²) < 4.78 is 0.858. The molecule has 0 aliphatic heterocycles. The predicted octanol–water partition coefficient (Wildman–Crippen LogP) is 1.73. The largest absolute Gasteiger partial charge is 0.375 e. The summed E-state index contributed by atoms with van der Waals surface area (Å²) in [4.78, 5) is 17.1. The summed E-state index contributed by atoms with van der Waals surface area (Å²) in [6, 6.07) is 1.82. The normalized spacial score (nSPS) is 9.80. The maximum absolute atomic E-state index is 11.5. The lowest BCUT2D eigenvalue weighted by Crippen LogP contribution is -2.31. The van der Waals surface area contributed by atoms with Gasteiger partial charge < -0.3 is 10.2 Å². The molecule has 0 saturated carbocycles. The SMILES string of the molecule is CCN(C)C(=O)CNc1ccncc1Br. The number of amides is 1. The van der Waals surface area contributed by atoms with E-state index in [-0.39, 0.29) is 5.91 Å². The van der Waals surface area contributed by atoms with Gasteiger partial charge in [0.25, 0.3) is 0 Å². The molecule has 1 aromatic heterocycles. The van der Waals surface area contributed by atoms with Crippen LogP contribution in [0.15, 0.2) is 22.9 Å². The second-order valence-electron chi connectivity index (χ2n) is 3.12. The number of rotatable bonds is 4. The molecule has 0 atom stereocenters. The topological polar surface area (TPSA) is 45.2 Å². The van der Waals surface area contributed by atoms with Gasteiger partial charge in [-0.3, -0.25) is 9.78 Å². The van der Waals surface area contributed by atoms with Crippen molar-refractivity contribution in [3.63, 3.8) is 0 Å². The van der Waals surface area contributed by atoms with Gasteiger partial charge in [-0.25, -0.2) is 0 Å².